The molecule has 0 atom stereocenters. The highest BCUT2D eigenvalue weighted by Gasteiger charge is 2.21. The van der Waals surface area contributed by atoms with E-state index in [1.807, 2.05) is 18.2 Å². The van der Waals surface area contributed by atoms with E-state index in [4.69, 9.17) is 39.5 Å². The number of nitrogens with zero attached hydrogens (tertiary/aromatic N) is 2. The second-order valence-corrected chi connectivity index (χ2v) is 7.90. The van der Waals surface area contributed by atoms with Gasteiger partial charge in [0.05, 0.1) is 19.3 Å². The molecule has 28 heavy (non-hydrogen) atoms. The summed E-state index contributed by atoms with van der Waals surface area (Å²) in [6, 6.07) is 10.7. The van der Waals surface area contributed by atoms with Crippen molar-refractivity contribution in [3.8, 4) is 5.75 Å². The minimum atomic E-state index is -0.0943. The Morgan fingerprint density at radius 2 is 1.68 bits per heavy atom. The van der Waals surface area contributed by atoms with Crippen LogP contribution in [0.4, 0.5) is 5.69 Å². The van der Waals surface area contributed by atoms with Crippen LogP contribution in [0.5, 0.6) is 5.75 Å². The Hall–Kier alpha value is -1.50. The first-order valence-corrected chi connectivity index (χ1v) is 10.1. The van der Waals surface area contributed by atoms with Crippen LogP contribution in [-0.4, -0.2) is 55.5 Å². The highest BCUT2D eigenvalue weighted by atomic mass is 35.5. The van der Waals surface area contributed by atoms with Gasteiger partial charge in [0.2, 0.25) is 5.91 Å². The molecule has 1 heterocycles. The molecule has 0 aromatic heterocycles. The van der Waals surface area contributed by atoms with Crippen LogP contribution in [-0.2, 0) is 11.3 Å². The van der Waals surface area contributed by atoms with Gasteiger partial charge in [-0.25, -0.2) is 0 Å². The summed E-state index contributed by atoms with van der Waals surface area (Å²) >= 11 is 18.5. The topological polar surface area (TPSA) is 44.8 Å². The van der Waals surface area contributed by atoms with Crippen molar-refractivity contribution >= 4 is 46.4 Å². The van der Waals surface area contributed by atoms with Crippen molar-refractivity contribution in [2.24, 2.45) is 0 Å². The van der Waals surface area contributed by atoms with E-state index >= 15 is 0 Å². The number of hydrogen-bond acceptors (Lipinski definition) is 4. The Labute approximate surface area is 180 Å². The normalized spacial score (nSPS) is 15.4. The lowest BCUT2D eigenvalue weighted by molar-refractivity contribution is -0.117. The summed E-state index contributed by atoms with van der Waals surface area (Å²) in [5, 5.41) is 4.79. The molecule has 0 aliphatic carbocycles. The minimum absolute atomic E-state index is 0.0943. The van der Waals surface area contributed by atoms with Gasteiger partial charge in [-0.3, -0.25) is 14.6 Å². The summed E-state index contributed by atoms with van der Waals surface area (Å²) in [6.45, 7) is 4.30. The first-order chi connectivity index (χ1) is 13.5. The van der Waals surface area contributed by atoms with Crippen LogP contribution >= 0.6 is 34.8 Å². The molecule has 1 fully saturated rings. The predicted octanol–water partition coefficient (Wildman–Crippen LogP) is 4.41. The van der Waals surface area contributed by atoms with E-state index in [0.717, 1.165) is 31.7 Å². The number of rotatable bonds is 6. The fourth-order valence-corrected chi connectivity index (χ4v) is 3.87. The molecular weight excluding hydrogens is 421 g/mol. The summed E-state index contributed by atoms with van der Waals surface area (Å²) in [5.74, 6) is 0.488. The van der Waals surface area contributed by atoms with E-state index in [9.17, 15) is 4.79 Å². The SMILES string of the molecule is COc1ccc(Cl)cc1NC(=O)CN1CCN(Cc2c(Cl)cccc2Cl)CC1. The van der Waals surface area contributed by atoms with Crippen molar-refractivity contribution < 1.29 is 9.53 Å². The molecule has 1 saturated heterocycles. The molecule has 5 nitrogen and oxygen atoms in total. The van der Waals surface area contributed by atoms with Crippen molar-refractivity contribution in [3.05, 3.63) is 57.0 Å². The van der Waals surface area contributed by atoms with E-state index < -0.39 is 0 Å². The largest absolute Gasteiger partial charge is 0.495 e. The number of piperazine rings is 1. The van der Waals surface area contributed by atoms with Crippen molar-refractivity contribution in [1.82, 2.24) is 9.80 Å². The fraction of sp³-hybridized carbons (Fsp3) is 0.350. The Morgan fingerprint density at radius 3 is 2.32 bits per heavy atom. The molecule has 2 aromatic carbocycles. The smallest absolute Gasteiger partial charge is 0.238 e. The third kappa shape index (κ3) is 5.52. The lowest BCUT2D eigenvalue weighted by Gasteiger charge is -2.34. The summed E-state index contributed by atoms with van der Waals surface area (Å²) in [4.78, 5) is 16.8. The van der Waals surface area contributed by atoms with Crippen LogP contribution in [0.1, 0.15) is 5.56 Å². The third-order valence-corrected chi connectivity index (χ3v) is 5.65. The molecule has 0 saturated carbocycles. The molecule has 8 heteroatoms. The van der Waals surface area contributed by atoms with Crippen molar-refractivity contribution in [2.75, 3.05) is 45.2 Å². The monoisotopic (exact) mass is 441 g/mol. The van der Waals surface area contributed by atoms with Crippen LogP contribution in [0.25, 0.3) is 0 Å². The first kappa shape index (κ1) is 21.2. The quantitative estimate of drug-likeness (QED) is 0.720. The average Bonchev–Trinajstić information content (AvgIpc) is 2.66. The number of carbonyl (C=O) groups is 1. The van der Waals surface area contributed by atoms with Gasteiger partial charge in [-0.15, -0.1) is 0 Å². The maximum atomic E-state index is 12.4. The van der Waals surface area contributed by atoms with Gasteiger partial charge in [0.1, 0.15) is 5.75 Å². The number of ether oxygens (including phenoxy) is 1. The number of nitrogens with one attached hydrogen (secondary N) is 1. The van der Waals surface area contributed by atoms with Crippen LogP contribution in [0.2, 0.25) is 15.1 Å². The van der Waals surface area contributed by atoms with Gasteiger partial charge in [-0.1, -0.05) is 40.9 Å². The van der Waals surface area contributed by atoms with Gasteiger partial charge in [0, 0.05) is 53.4 Å². The number of carbonyl (C=O) groups excluding carboxylic acids is 1. The van der Waals surface area contributed by atoms with E-state index in [0.29, 0.717) is 39.6 Å². The number of methoxy groups -OCH3 is 1. The Kier molecular flexibility index (Phi) is 7.43. The zero-order valence-electron chi connectivity index (χ0n) is 15.6. The summed E-state index contributed by atoms with van der Waals surface area (Å²) in [5.41, 5.74) is 1.53. The third-order valence-electron chi connectivity index (χ3n) is 4.71. The maximum absolute atomic E-state index is 12.4. The lowest BCUT2D eigenvalue weighted by atomic mass is 10.2. The molecule has 2 aromatic rings. The van der Waals surface area contributed by atoms with E-state index in [2.05, 4.69) is 15.1 Å². The molecule has 1 N–H and O–H groups in total. The van der Waals surface area contributed by atoms with Crippen LogP contribution < -0.4 is 10.1 Å². The van der Waals surface area contributed by atoms with Crippen LogP contribution in [0.3, 0.4) is 0 Å². The molecule has 1 aliphatic heterocycles. The van der Waals surface area contributed by atoms with Crippen molar-refractivity contribution in [3.63, 3.8) is 0 Å². The first-order valence-electron chi connectivity index (χ1n) is 8.97. The molecule has 0 unspecified atom stereocenters. The average molecular weight is 443 g/mol. The number of benzene rings is 2. The molecule has 1 amide bonds. The fourth-order valence-electron chi connectivity index (χ4n) is 3.18. The molecule has 0 radical (unpaired) electrons. The molecule has 3 rings (SSSR count). The highest BCUT2D eigenvalue weighted by Crippen LogP contribution is 2.28. The van der Waals surface area contributed by atoms with Crippen molar-refractivity contribution in [2.45, 2.75) is 6.54 Å². The van der Waals surface area contributed by atoms with Gasteiger partial charge in [-0.2, -0.15) is 0 Å². The summed E-state index contributed by atoms with van der Waals surface area (Å²) < 4.78 is 5.27. The molecule has 1 aliphatic rings. The molecule has 150 valence electrons. The molecular formula is C20H22Cl3N3O2. The maximum Gasteiger partial charge on any atom is 0.238 e. The number of anilines is 1. The second-order valence-electron chi connectivity index (χ2n) is 6.65. The van der Waals surface area contributed by atoms with Gasteiger partial charge < -0.3 is 10.1 Å². The zero-order chi connectivity index (χ0) is 20.1. The second kappa shape index (κ2) is 9.81. The van der Waals surface area contributed by atoms with Gasteiger partial charge in [0.15, 0.2) is 0 Å². The summed E-state index contributed by atoms with van der Waals surface area (Å²) in [7, 11) is 1.56. The summed E-state index contributed by atoms with van der Waals surface area (Å²) in [6.07, 6.45) is 0. The van der Waals surface area contributed by atoms with Crippen LogP contribution in [0, 0.1) is 0 Å². The molecule has 0 spiro atoms. The highest BCUT2D eigenvalue weighted by molar-refractivity contribution is 6.36. The Bertz CT molecular complexity index is 819. The number of halogens is 3. The number of amides is 1. The molecule has 0 bridgehead atoms. The van der Waals surface area contributed by atoms with Gasteiger partial charge >= 0.3 is 0 Å². The minimum Gasteiger partial charge on any atom is -0.495 e. The Balaban J connectivity index is 1.50. The lowest BCUT2D eigenvalue weighted by Crippen LogP contribution is -2.48. The predicted molar refractivity (Wildman–Crippen MR) is 115 cm³/mol. The standard InChI is InChI=1S/C20H22Cl3N3O2/c1-28-19-6-5-14(21)11-18(19)24-20(27)13-26-9-7-25(8-10-26)12-15-16(22)3-2-4-17(15)23/h2-6,11H,7-10,12-13H2,1H3,(H,24,27). The number of hydrogen-bond donors (Lipinski definition) is 1. The van der Waals surface area contributed by atoms with E-state index in [-0.39, 0.29) is 5.91 Å². The van der Waals surface area contributed by atoms with Gasteiger partial charge in [0.25, 0.3) is 0 Å². The van der Waals surface area contributed by atoms with Crippen LogP contribution in [0.15, 0.2) is 36.4 Å². The van der Waals surface area contributed by atoms with Gasteiger partial charge in [-0.05, 0) is 30.3 Å². The Morgan fingerprint density at radius 1 is 1.04 bits per heavy atom. The van der Waals surface area contributed by atoms with Crippen molar-refractivity contribution in [1.29, 1.82) is 0 Å². The van der Waals surface area contributed by atoms with E-state index in [1.165, 1.54) is 0 Å². The van der Waals surface area contributed by atoms with E-state index in [1.54, 1.807) is 25.3 Å². The zero-order valence-corrected chi connectivity index (χ0v) is 17.8.